The minimum absolute atomic E-state index is 0.942. The van der Waals surface area contributed by atoms with Crippen LogP contribution in [-0.4, -0.2) is 32.3 Å². The molecule has 0 nitrogen and oxygen atoms in total. The molecular formula is C16H44Si4Ti. The average Bonchev–Trinajstić information content (AvgIpc) is 1.83. The number of hydrogen-bond acceptors (Lipinski definition) is 0. The molecule has 0 fully saturated rings. The van der Waals surface area contributed by atoms with Crippen LogP contribution in [0.5, 0.6) is 0 Å². The molecule has 5 heteroatoms. The molecule has 0 aliphatic heterocycles. The summed E-state index contributed by atoms with van der Waals surface area (Å²) in [6.45, 7) is 31.7. The predicted molar refractivity (Wildman–Crippen MR) is 113 cm³/mol. The molecule has 0 saturated carbocycles. The summed E-state index contributed by atoms with van der Waals surface area (Å²) in [6, 6.07) is 0. The Hall–Kier alpha value is 1.58. The molecule has 0 spiro atoms. The van der Waals surface area contributed by atoms with Crippen molar-refractivity contribution in [2.24, 2.45) is 0 Å². The molecule has 0 bridgehead atoms. The van der Waals surface area contributed by atoms with Crippen LogP contribution in [0.15, 0.2) is 0 Å². The topological polar surface area (TPSA) is 0 Å². The molecule has 0 saturated heterocycles. The third kappa shape index (κ3) is 12.6. The van der Waals surface area contributed by atoms with Crippen LogP contribution in [-0.2, 0) is 16.6 Å². The van der Waals surface area contributed by atoms with Gasteiger partial charge < -0.3 is 0 Å². The Kier molecular flexibility index (Phi) is 7.76. The SMILES string of the molecule is C[Si](C)(C)[CH2][Ti]([CH2][Si](C)(C)C)([CH2][Si](C)(C)C)[CH2][Si](C)(C)C. The van der Waals surface area contributed by atoms with E-state index in [2.05, 4.69) is 78.6 Å². The summed E-state index contributed by atoms with van der Waals surface area (Å²) in [5.74, 6) is 0. The van der Waals surface area contributed by atoms with Gasteiger partial charge in [-0.2, -0.15) is 0 Å². The Bertz CT molecular complexity index is 257. The fourth-order valence-electron chi connectivity index (χ4n) is 4.87. The van der Waals surface area contributed by atoms with Gasteiger partial charge in [0.2, 0.25) is 0 Å². The van der Waals surface area contributed by atoms with Crippen molar-refractivity contribution in [2.75, 3.05) is 0 Å². The molecule has 0 aromatic heterocycles. The first kappa shape index (κ1) is 22.6. The van der Waals surface area contributed by atoms with E-state index in [9.17, 15) is 0 Å². The van der Waals surface area contributed by atoms with Crippen LogP contribution in [0, 0.1) is 0 Å². The van der Waals surface area contributed by atoms with Gasteiger partial charge in [0, 0.05) is 0 Å². The molecule has 128 valence electrons. The molecule has 0 radical (unpaired) electrons. The van der Waals surface area contributed by atoms with Gasteiger partial charge in [0.15, 0.2) is 0 Å². The summed E-state index contributed by atoms with van der Waals surface area (Å²) in [5.41, 5.74) is 0. The molecule has 21 heavy (non-hydrogen) atoms. The summed E-state index contributed by atoms with van der Waals surface area (Å²) < 4.78 is 7.02. The molecule has 0 N–H and O–H groups in total. The Morgan fingerprint density at radius 1 is 0.381 bits per heavy atom. The zero-order valence-corrected chi connectivity index (χ0v) is 22.9. The van der Waals surface area contributed by atoms with E-state index < -0.39 is 48.9 Å². The average molecular weight is 397 g/mol. The Morgan fingerprint density at radius 3 is 0.619 bits per heavy atom. The van der Waals surface area contributed by atoms with E-state index in [-0.39, 0.29) is 0 Å². The Balaban J connectivity index is 5.70. The minimum atomic E-state index is -1.71. The van der Waals surface area contributed by atoms with E-state index >= 15 is 0 Å². The van der Waals surface area contributed by atoms with Crippen molar-refractivity contribution in [1.29, 1.82) is 0 Å². The Morgan fingerprint density at radius 2 is 0.524 bits per heavy atom. The molecular weight excluding hydrogens is 352 g/mol. The van der Waals surface area contributed by atoms with Gasteiger partial charge in [-0.15, -0.1) is 0 Å². The van der Waals surface area contributed by atoms with Crippen molar-refractivity contribution < 1.29 is 16.6 Å². The summed E-state index contributed by atoms with van der Waals surface area (Å²) in [7, 11) is -3.77. The van der Waals surface area contributed by atoms with Gasteiger partial charge in [-0.05, 0) is 0 Å². The monoisotopic (exact) mass is 396 g/mol. The Labute approximate surface area is 144 Å². The van der Waals surface area contributed by atoms with Gasteiger partial charge in [0.25, 0.3) is 0 Å². The van der Waals surface area contributed by atoms with E-state index in [1.54, 1.807) is 17.4 Å². The van der Waals surface area contributed by atoms with Crippen LogP contribution in [0.2, 0.25) is 96.0 Å². The fraction of sp³-hybridized carbons (Fsp3) is 1.00. The molecule has 0 aromatic carbocycles. The standard InChI is InChI=1S/4C4H11Si.Ti/c4*1-5(2,3)4;/h4*1H2,2-4H3;. The number of rotatable bonds is 8. The van der Waals surface area contributed by atoms with E-state index in [4.69, 9.17) is 0 Å². The van der Waals surface area contributed by atoms with Gasteiger partial charge in [-0.25, -0.2) is 0 Å². The molecule has 0 aliphatic rings. The molecule has 0 unspecified atom stereocenters. The third-order valence-electron chi connectivity index (χ3n) is 3.62. The molecule has 0 amide bonds. The predicted octanol–water partition coefficient (Wildman–Crippen LogP) is 7.32. The van der Waals surface area contributed by atoms with Gasteiger partial charge >= 0.3 is 145 Å². The molecule has 0 rings (SSSR count). The van der Waals surface area contributed by atoms with Crippen LogP contribution in [0.3, 0.4) is 0 Å². The van der Waals surface area contributed by atoms with Crippen molar-refractivity contribution in [1.82, 2.24) is 0 Å². The first-order valence-corrected chi connectivity index (χ1v) is 28.1. The maximum absolute atomic E-state index is 2.64. The van der Waals surface area contributed by atoms with E-state index in [1.807, 2.05) is 0 Å². The normalized spacial score (nSPS) is 15.4. The second-order valence-electron chi connectivity index (χ2n) is 12.4. The number of hydrogen-bond donors (Lipinski definition) is 0. The van der Waals surface area contributed by atoms with Crippen molar-refractivity contribution in [3.8, 4) is 0 Å². The maximum atomic E-state index is 2.64. The van der Waals surface area contributed by atoms with E-state index in [0.29, 0.717) is 0 Å². The quantitative estimate of drug-likeness (QED) is 0.377. The van der Waals surface area contributed by atoms with Gasteiger partial charge in [-0.3, -0.25) is 0 Å². The van der Waals surface area contributed by atoms with Crippen LogP contribution < -0.4 is 0 Å². The van der Waals surface area contributed by atoms with E-state index in [0.717, 1.165) is 0 Å². The summed E-state index contributed by atoms with van der Waals surface area (Å²) >= 11 is -1.71. The molecule has 0 atom stereocenters. The fourth-order valence-corrected chi connectivity index (χ4v) is 69.6. The molecule has 0 aromatic rings. The van der Waals surface area contributed by atoms with Crippen LogP contribution >= 0.6 is 0 Å². The van der Waals surface area contributed by atoms with Crippen LogP contribution in [0.25, 0.3) is 0 Å². The second kappa shape index (κ2) is 7.22. The second-order valence-corrected chi connectivity index (χ2v) is 45.7. The van der Waals surface area contributed by atoms with Crippen molar-refractivity contribution in [3.63, 3.8) is 0 Å². The third-order valence-corrected chi connectivity index (χ3v) is 44.8. The van der Waals surface area contributed by atoms with Crippen LogP contribution in [0.1, 0.15) is 0 Å². The summed E-state index contributed by atoms with van der Waals surface area (Å²) in [4.78, 5) is 0. The molecule has 0 aliphatic carbocycles. The summed E-state index contributed by atoms with van der Waals surface area (Å²) in [5, 5.41) is 0. The van der Waals surface area contributed by atoms with Crippen molar-refractivity contribution in [2.45, 2.75) is 96.0 Å². The zero-order chi connectivity index (χ0) is 17.3. The van der Waals surface area contributed by atoms with Crippen LogP contribution in [0.4, 0.5) is 0 Å². The van der Waals surface area contributed by atoms with Gasteiger partial charge in [0.1, 0.15) is 0 Å². The van der Waals surface area contributed by atoms with E-state index in [1.165, 1.54) is 0 Å². The first-order chi connectivity index (χ1) is 8.83. The first-order valence-electron chi connectivity index (χ1n) is 8.83. The van der Waals surface area contributed by atoms with Crippen molar-refractivity contribution >= 4 is 32.3 Å². The van der Waals surface area contributed by atoms with Gasteiger partial charge in [-0.1, -0.05) is 0 Å². The molecule has 0 heterocycles. The van der Waals surface area contributed by atoms with Gasteiger partial charge in [0.05, 0.1) is 0 Å². The summed E-state index contributed by atoms with van der Waals surface area (Å²) in [6.07, 6.45) is 0. The zero-order valence-electron chi connectivity index (χ0n) is 17.3. The van der Waals surface area contributed by atoms with Crippen molar-refractivity contribution in [3.05, 3.63) is 0 Å².